The average Bonchev–Trinajstić information content (AvgIpc) is 3.20. The second-order valence-corrected chi connectivity index (χ2v) is 7.67. The van der Waals surface area contributed by atoms with Crippen LogP contribution in [0, 0.1) is 0 Å². The van der Waals surface area contributed by atoms with Crippen LogP contribution in [0.5, 0.6) is 0 Å². The number of piperazine rings is 1. The third kappa shape index (κ3) is 5.08. The van der Waals surface area contributed by atoms with Crippen LogP contribution in [0.15, 0.2) is 42.6 Å². The number of aromatic nitrogens is 3. The zero-order valence-electron chi connectivity index (χ0n) is 17.7. The maximum atomic E-state index is 12.8. The van der Waals surface area contributed by atoms with Crippen molar-refractivity contribution < 1.29 is 27.6 Å². The number of carbonyl (C=O) groups excluding carboxylic acids is 3. The lowest BCUT2D eigenvalue weighted by molar-refractivity contribution is -0.141. The van der Waals surface area contributed by atoms with Crippen molar-refractivity contribution in [1.29, 1.82) is 0 Å². The lowest BCUT2D eigenvalue weighted by Crippen LogP contribution is -2.52. The first-order chi connectivity index (χ1) is 16.1. The summed E-state index contributed by atoms with van der Waals surface area (Å²) in [6.07, 6.45) is -3.03. The molecule has 13 heteroatoms. The van der Waals surface area contributed by atoms with Gasteiger partial charge in [-0.2, -0.15) is 18.3 Å². The molecule has 0 unspecified atom stereocenters. The number of benzene rings is 1. The number of hydrogen-bond acceptors (Lipinski definition) is 5. The van der Waals surface area contributed by atoms with Crippen molar-refractivity contribution in [3.8, 4) is 0 Å². The highest BCUT2D eigenvalue weighted by molar-refractivity contribution is 6.03. The van der Waals surface area contributed by atoms with E-state index in [1.807, 2.05) is 0 Å². The number of rotatable bonds is 4. The smallest absolute Gasteiger partial charge is 0.351 e. The fourth-order valence-corrected chi connectivity index (χ4v) is 3.56. The summed E-state index contributed by atoms with van der Waals surface area (Å²) in [7, 11) is 0. The quantitative estimate of drug-likeness (QED) is 0.596. The summed E-state index contributed by atoms with van der Waals surface area (Å²) >= 11 is 0. The highest BCUT2D eigenvalue weighted by atomic mass is 19.4. The summed E-state index contributed by atoms with van der Waals surface area (Å²) in [5, 5.41) is 7.49. The second kappa shape index (κ2) is 9.00. The Kier molecular flexibility index (Phi) is 6.09. The number of hydrogen-bond donors (Lipinski definition) is 2. The minimum Gasteiger partial charge on any atom is -0.351 e. The van der Waals surface area contributed by atoms with Gasteiger partial charge in [-0.1, -0.05) is 6.07 Å². The Labute approximate surface area is 191 Å². The first-order valence-electron chi connectivity index (χ1n) is 10.2. The van der Waals surface area contributed by atoms with E-state index in [0.29, 0.717) is 42.8 Å². The van der Waals surface area contributed by atoms with Gasteiger partial charge in [0.2, 0.25) is 5.91 Å². The van der Waals surface area contributed by atoms with Gasteiger partial charge in [0.1, 0.15) is 17.9 Å². The number of pyridine rings is 1. The Morgan fingerprint density at radius 3 is 2.41 bits per heavy atom. The van der Waals surface area contributed by atoms with Crippen molar-refractivity contribution in [2.45, 2.75) is 12.7 Å². The largest absolute Gasteiger partial charge is 0.433 e. The van der Waals surface area contributed by atoms with Gasteiger partial charge in [0.25, 0.3) is 5.91 Å². The van der Waals surface area contributed by atoms with E-state index in [1.165, 1.54) is 15.6 Å². The maximum absolute atomic E-state index is 12.8. The minimum absolute atomic E-state index is 0.0128. The van der Waals surface area contributed by atoms with E-state index in [9.17, 15) is 27.6 Å². The number of carbonyl (C=O) groups is 3. The average molecular weight is 475 g/mol. The van der Waals surface area contributed by atoms with Gasteiger partial charge in [-0.15, -0.1) is 0 Å². The molecule has 3 aromatic rings. The number of nitrogens with one attached hydrogen (secondary N) is 1. The van der Waals surface area contributed by atoms with Crippen LogP contribution in [-0.4, -0.2) is 68.6 Å². The monoisotopic (exact) mass is 475 g/mol. The predicted octanol–water partition coefficient (Wildman–Crippen LogP) is 1.93. The number of primary amides is 1. The molecule has 4 rings (SSSR count). The topological polar surface area (TPSA) is 126 Å². The van der Waals surface area contributed by atoms with E-state index < -0.39 is 23.8 Å². The maximum Gasteiger partial charge on any atom is 0.433 e. The summed E-state index contributed by atoms with van der Waals surface area (Å²) in [5.41, 5.74) is 4.64. The fourth-order valence-electron chi connectivity index (χ4n) is 3.56. The number of anilines is 1. The number of urea groups is 1. The zero-order chi connectivity index (χ0) is 24.5. The molecule has 2 aromatic heterocycles. The Morgan fingerprint density at radius 1 is 1.03 bits per heavy atom. The Hall–Kier alpha value is -4.16. The van der Waals surface area contributed by atoms with Gasteiger partial charge in [-0.25, -0.2) is 9.78 Å². The molecule has 0 aliphatic carbocycles. The van der Waals surface area contributed by atoms with Gasteiger partial charge in [0.05, 0.1) is 5.52 Å². The molecule has 1 aliphatic rings. The van der Waals surface area contributed by atoms with Crippen LogP contribution in [0.4, 0.5) is 23.7 Å². The van der Waals surface area contributed by atoms with Crippen LogP contribution in [-0.2, 0) is 17.5 Å². The van der Waals surface area contributed by atoms with E-state index in [2.05, 4.69) is 15.4 Å². The van der Waals surface area contributed by atoms with Gasteiger partial charge in [0, 0.05) is 43.4 Å². The van der Waals surface area contributed by atoms with Crippen LogP contribution in [0.1, 0.15) is 16.2 Å². The first-order valence-corrected chi connectivity index (χ1v) is 10.2. The first kappa shape index (κ1) is 23.0. The van der Waals surface area contributed by atoms with Crippen LogP contribution >= 0.6 is 0 Å². The summed E-state index contributed by atoms with van der Waals surface area (Å²) in [5.74, 6) is -0.954. The van der Waals surface area contributed by atoms with Gasteiger partial charge < -0.3 is 20.9 Å². The van der Waals surface area contributed by atoms with Gasteiger partial charge in [0.15, 0.2) is 0 Å². The molecular formula is C21H20F3N7O3. The molecule has 1 aliphatic heterocycles. The molecular weight excluding hydrogens is 455 g/mol. The van der Waals surface area contributed by atoms with Crippen LogP contribution < -0.4 is 11.1 Å². The van der Waals surface area contributed by atoms with E-state index >= 15 is 0 Å². The van der Waals surface area contributed by atoms with Crippen LogP contribution in [0.3, 0.4) is 0 Å². The van der Waals surface area contributed by atoms with E-state index in [4.69, 9.17) is 5.73 Å². The lowest BCUT2D eigenvalue weighted by Gasteiger charge is -2.33. The molecule has 4 amide bonds. The predicted molar refractivity (Wildman–Crippen MR) is 115 cm³/mol. The molecule has 0 atom stereocenters. The van der Waals surface area contributed by atoms with Crippen molar-refractivity contribution in [3.63, 3.8) is 0 Å². The number of alkyl halides is 3. The van der Waals surface area contributed by atoms with Gasteiger partial charge >= 0.3 is 12.2 Å². The van der Waals surface area contributed by atoms with Gasteiger partial charge in [-0.05, 0) is 30.3 Å². The number of halogens is 3. The van der Waals surface area contributed by atoms with Crippen molar-refractivity contribution in [2.24, 2.45) is 5.73 Å². The number of fused-ring (bicyclic) bond motifs is 1. The summed E-state index contributed by atoms with van der Waals surface area (Å²) in [4.78, 5) is 42.6. The Morgan fingerprint density at radius 2 is 1.74 bits per heavy atom. The summed E-state index contributed by atoms with van der Waals surface area (Å²) in [6, 6.07) is 7.35. The lowest BCUT2D eigenvalue weighted by atomic mass is 10.2. The van der Waals surface area contributed by atoms with Crippen molar-refractivity contribution >= 4 is 34.4 Å². The summed E-state index contributed by atoms with van der Waals surface area (Å²) < 4.78 is 40.0. The molecule has 1 saturated heterocycles. The molecule has 1 aromatic carbocycles. The number of nitrogens with zero attached hydrogens (tertiary/aromatic N) is 5. The number of amides is 4. The number of nitrogens with two attached hydrogens (primary N) is 1. The molecule has 178 valence electrons. The fraction of sp³-hybridized carbons (Fsp3) is 0.286. The van der Waals surface area contributed by atoms with E-state index in [-0.39, 0.29) is 18.1 Å². The molecule has 0 spiro atoms. The molecule has 0 radical (unpaired) electrons. The normalized spacial score (nSPS) is 14.3. The third-order valence-corrected chi connectivity index (χ3v) is 5.32. The molecule has 34 heavy (non-hydrogen) atoms. The minimum atomic E-state index is -4.66. The van der Waals surface area contributed by atoms with Crippen molar-refractivity contribution in [3.05, 3.63) is 54.0 Å². The van der Waals surface area contributed by atoms with E-state index in [1.54, 1.807) is 29.3 Å². The summed E-state index contributed by atoms with van der Waals surface area (Å²) in [6.45, 7) is 1.48. The molecule has 1 fully saturated rings. The molecule has 10 nitrogen and oxygen atoms in total. The molecule has 0 bridgehead atoms. The highest BCUT2D eigenvalue weighted by Crippen LogP contribution is 2.27. The molecule has 0 saturated carbocycles. The molecule has 3 heterocycles. The van der Waals surface area contributed by atoms with Gasteiger partial charge in [-0.3, -0.25) is 14.3 Å². The van der Waals surface area contributed by atoms with Crippen molar-refractivity contribution in [1.82, 2.24) is 24.6 Å². The highest BCUT2D eigenvalue weighted by Gasteiger charge is 2.33. The van der Waals surface area contributed by atoms with Crippen molar-refractivity contribution in [2.75, 3.05) is 31.5 Å². The Bertz CT molecular complexity index is 1250. The van der Waals surface area contributed by atoms with Crippen LogP contribution in [0.25, 0.3) is 10.9 Å². The third-order valence-electron chi connectivity index (χ3n) is 5.32. The zero-order valence-corrected chi connectivity index (χ0v) is 17.7. The SMILES string of the molecule is NC(=O)N1CCN(C(=O)Cn2cc3cc(NC(=O)c4cccc(C(F)(F)F)n4)ccc3n2)CC1. The van der Waals surface area contributed by atoms with Crippen LogP contribution in [0.2, 0.25) is 0 Å². The second-order valence-electron chi connectivity index (χ2n) is 7.67. The standard InChI is InChI=1S/C21H20F3N7O3/c22-21(23,24)17-3-1-2-16(27-17)19(33)26-14-4-5-15-13(10-14)11-31(28-15)12-18(32)29-6-8-30(9-7-29)20(25)34/h1-5,10-11H,6-9,12H2,(H2,25,34)(H,26,33). The molecule has 3 N–H and O–H groups in total. The Balaban J connectivity index is 1.42. The van der Waals surface area contributed by atoms with E-state index in [0.717, 1.165) is 12.1 Å².